The Morgan fingerprint density at radius 3 is 2.27 bits per heavy atom. The Morgan fingerprint density at radius 1 is 1.09 bits per heavy atom. The van der Waals surface area contributed by atoms with Crippen LogP contribution in [0.5, 0.6) is 0 Å². The molecule has 2 N–H and O–H groups in total. The lowest BCUT2D eigenvalue weighted by molar-refractivity contribution is -0.114. The van der Waals surface area contributed by atoms with Gasteiger partial charge in [-0.15, -0.1) is 0 Å². The number of nitrogens with zero attached hydrogens (tertiary/aromatic N) is 1. The van der Waals surface area contributed by atoms with Crippen LogP contribution in [0.3, 0.4) is 0 Å². The predicted octanol–water partition coefficient (Wildman–Crippen LogP) is 4.09. The first-order valence-corrected chi connectivity index (χ1v) is 7.82. The molecule has 0 spiro atoms. The lowest BCUT2D eigenvalue weighted by Crippen LogP contribution is -2.09. The topological polar surface area (TPSA) is 44.4 Å². The number of anilines is 3. The van der Waals surface area contributed by atoms with E-state index in [2.05, 4.69) is 49.7 Å². The second-order valence-electron chi connectivity index (χ2n) is 5.29. The minimum absolute atomic E-state index is 0.0634. The van der Waals surface area contributed by atoms with Crippen LogP contribution in [0.25, 0.3) is 0 Å². The van der Waals surface area contributed by atoms with Crippen molar-refractivity contribution < 1.29 is 4.79 Å². The summed E-state index contributed by atoms with van der Waals surface area (Å²) in [6.07, 6.45) is 0. The summed E-state index contributed by atoms with van der Waals surface area (Å²) in [6.45, 7) is 2.24. The molecule has 0 aliphatic rings. The highest BCUT2D eigenvalue weighted by molar-refractivity contribution is 9.10. The fourth-order valence-corrected chi connectivity index (χ4v) is 2.88. The number of nitrogens with one attached hydrogen (secondary N) is 2. The summed E-state index contributed by atoms with van der Waals surface area (Å²) in [7, 11) is 4.04. The first kappa shape index (κ1) is 16.4. The molecule has 0 saturated carbocycles. The predicted molar refractivity (Wildman–Crippen MR) is 96.5 cm³/mol. The standard InChI is InChI=1S/C17H20BrN3O/c1-12(22)20-15-7-5-14(6-8-15)19-11-13-4-9-17(21(2)3)16(18)10-13/h4-10,19H,11H2,1-3H3,(H,20,22). The Hall–Kier alpha value is -2.01. The third kappa shape index (κ3) is 4.49. The van der Waals surface area contributed by atoms with Crippen LogP contribution >= 0.6 is 15.9 Å². The van der Waals surface area contributed by atoms with Crippen molar-refractivity contribution in [3.05, 3.63) is 52.5 Å². The van der Waals surface area contributed by atoms with Gasteiger partial charge in [0.1, 0.15) is 0 Å². The number of benzene rings is 2. The van der Waals surface area contributed by atoms with Crippen LogP contribution < -0.4 is 15.5 Å². The van der Waals surface area contributed by atoms with E-state index in [0.29, 0.717) is 0 Å². The van der Waals surface area contributed by atoms with E-state index < -0.39 is 0 Å². The van der Waals surface area contributed by atoms with Crippen molar-refractivity contribution in [2.45, 2.75) is 13.5 Å². The van der Waals surface area contributed by atoms with Gasteiger partial charge in [0.25, 0.3) is 0 Å². The average Bonchev–Trinajstić information content (AvgIpc) is 2.45. The summed E-state index contributed by atoms with van der Waals surface area (Å²) >= 11 is 3.60. The molecule has 22 heavy (non-hydrogen) atoms. The molecule has 5 heteroatoms. The van der Waals surface area contributed by atoms with E-state index in [4.69, 9.17) is 0 Å². The van der Waals surface area contributed by atoms with Gasteiger partial charge in [-0.25, -0.2) is 0 Å². The summed E-state index contributed by atoms with van der Waals surface area (Å²) in [5.74, 6) is -0.0634. The molecule has 0 atom stereocenters. The van der Waals surface area contributed by atoms with E-state index in [1.165, 1.54) is 12.5 Å². The summed E-state index contributed by atoms with van der Waals surface area (Å²) in [6, 6.07) is 14.0. The molecule has 0 bridgehead atoms. The van der Waals surface area contributed by atoms with Crippen LogP contribution in [0.4, 0.5) is 17.1 Å². The summed E-state index contributed by atoms with van der Waals surface area (Å²) < 4.78 is 1.08. The molecule has 2 aromatic rings. The molecule has 0 aliphatic carbocycles. The lowest BCUT2D eigenvalue weighted by atomic mass is 10.2. The fraction of sp³-hybridized carbons (Fsp3) is 0.235. The van der Waals surface area contributed by atoms with Crippen molar-refractivity contribution in [1.29, 1.82) is 0 Å². The Kier molecular flexibility index (Phi) is 5.44. The molecule has 4 nitrogen and oxygen atoms in total. The van der Waals surface area contributed by atoms with Gasteiger partial charge in [-0.3, -0.25) is 4.79 Å². The van der Waals surface area contributed by atoms with Gasteiger partial charge in [0.15, 0.2) is 0 Å². The van der Waals surface area contributed by atoms with E-state index in [1.807, 2.05) is 38.4 Å². The van der Waals surface area contributed by atoms with E-state index in [-0.39, 0.29) is 5.91 Å². The van der Waals surface area contributed by atoms with E-state index in [1.54, 1.807) is 0 Å². The maximum absolute atomic E-state index is 11.0. The normalized spacial score (nSPS) is 10.2. The maximum Gasteiger partial charge on any atom is 0.221 e. The van der Waals surface area contributed by atoms with Gasteiger partial charge in [0.2, 0.25) is 5.91 Å². The Balaban J connectivity index is 1.98. The minimum atomic E-state index is -0.0634. The number of carbonyl (C=O) groups excluding carboxylic acids is 1. The zero-order chi connectivity index (χ0) is 16.1. The van der Waals surface area contributed by atoms with Crippen LogP contribution in [-0.2, 0) is 11.3 Å². The molecule has 0 aromatic heterocycles. The highest BCUT2D eigenvalue weighted by atomic mass is 79.9. The smallest absolute Gasteiger partial charge is 0.221 e. The van der Waals surface area contributed by atoms with E-state index in [0.717, 1.165) is 28.1 Å². The van der Waals surface area contributed by atoms with Gasteiger partial charge in [0.05, 0.1) is 5.69 Å². The molecule has 0 radical (unpaired) electrons. The van der Waals surface area contributed by atoms with Crippen molar-refractivity contribution >= 4 is 38.9 Å². The quantitative estimate of drug-likeness (QED) is 0.842. The number of hydrogen-bond donors (Lipinski definition) is 2. The maximum atomic E-state index is 11.0. The third-order valence-corrected chi connectivity index (χ3v) is 3.83. The number of amides is 1. The molecule has 0 aliphatic heterocycles. The molecule has 116 valence electrons. The molecular weight excluding hydrogens is 342 g/mol. The summed E-state index contributed by atoms with van der Waals surface area (Å²) in [5, 5.41) is 6.12. The SMILES string of the molecule is CC(=O)Nc1ccc(NCc2ccc(N(C)C)c(Br)c2)cc1. The first-order chi connectivity index (χ1) is 10.5. The van der Waals surface area contributed by atoms with Gasteiger partial charge >= 0.3 is 0 Å². The van der Waals surface area contributed by atoms with Crippen LogP contribution in [0.2, 0.25) is 0 Å². The highest BCUT2D eigenvalue weighted by Gasteiger charge is 2.03. The first-order valence-electron chi connectivity index (χ1n) is 7.03. The van der Waals surface area contributed by atoms with Crippen molar-refractivity contribution in [3.8, 4) is 0 Å². The zero-order valence-electron chi connectivity index (χ0n) is 13.0. The highest BCUT2D eigenvalue weighted by Crippen LogP contribution is 2.26. The lowest BCUT2D eigenvalue weighted by Gasteiger charge is -2.16. The van der Waals surface area contributed by atoms with Gasteiger partial charge in [-0.1, -0.05) is 6.07 Å². The second kappa shape index (κ2) is 7.31. The molecule has 0 fully saturated rings. The molecule has 1 amide bonds. The minimum Gasteiger partial charge on any atom is -0.381 e. The van der Waals surface area contributed by atoms with E-state index >= 15 is 0 Å². The van der Waals surface area contributed by atoms with Crippen molar-refractivity contribution in [1.82, 2.24) is 0 Å². The number of rotatable bonds is 5. The molecule has 0 unspecified atom stereocenters. The molecule has 0 saturated heterocycles. The van der Waals surface area contributed by atoms with Gasteiger partial charge in [-0.2, -0.15) is 0 Å². The Morgan fingerprint density at radius 2 is 1.73 bits per heavy atom. The van der Waals surface area contributed by atoms with Crippen molar-refractivity contribution in [2.75, 3.05) is 29.6 Å². The average molecular weight is 362 g/mol. The van der Waals surface area contributed by atoms with Crippen LogP contribution in [-0.4, -0.2) is 20.0 Å². The number of hydrogen-bond acceptors (Lipinski definition) is 3. The summed E-state index contributed by atoms with van der Waals surface area (Å²) in [5.41, 5.74) is 4.17. The largest absolute Gasteiger partial charge is 0.381 e. The Labute approximate surface area is 139 Å². The molecule has 0 heterocycles. The van der Waals surface area contributed by atoms with Crippen LogP contribution in [0.15, 0.2) is 46.9 Å². The third-order valence-electron chi connectivity index (χ3n) is 3.20. The van der Waals surface area contributed by atoms with E-state index in [9.17, 15) is 4.79 Å². The zero-order valence-corrected chi connectivity index (χ0v) is 14.6. The van der Waals surface area contributed by atoms with Crippen molar-refractivity contribution in [3.63, 3.8) is 0 Å². The number of halogens is 1. The molecule has 2 aromatic carbocycles. The van der Waals surface area contributed by atoms with Gasteiger partial charge in [-0.05, 0) is 57.9 Å². The molecule has 2 rings (SSSR count). The Bertz CT molecular complexity index is 653. The van der Waals surface area contributed by atoms with Crippen molar-refractivity contribution in [2.24, 2.45) is 0 Å². The monoisotopic (exact) mass is 361 g/mol. The van der Waals surface area contributed by atoms with Crippen LogP contribution in [0, 0.1) is 0 Å². The van der Waals surface area contributed by atoms with Gasteiger partial charge < -0.3 is 15.5 Å². The fourth-order valence-electron chi connectivity index (χ4n) is 2.10. The van der Waals surface area contributed by atoms with Gasteiger partial charge in [0, 0.05) is 43.4 Å². The van der Waals surface area contributed by atoms with Crippen LogP contribution in [0.1, 0.15) is 12.5 Å². The second-order valence-corrected chi connectivity index (χ2v) is 6.15. The summed E-state index contributed by atoms with van der Waals surface area (Å²) in [4.78, 5) is 13.1. The number of carbonyl (C=O) groups is 1. The molecular formula is C17H20BrN3O.